The molecule has 5 nitrogen and oxygen atoms in total. The minimum absolute atomic E-state index is 0.0834. The van der Waals surface area contributed by atoms with Gasteiger partial charge in [-0.1, -0.05) is 24.3 Å². The van der Waals surface area contributed by atoms with Gasteiger partial charge in [0.2, 0.25) is 15.9 Å². The molecule has 4 rings (SSSR count). The van der Waals surface area contributed by atoms with Crippen molar-refractivity contribution < 1.29 is 13.2 Å². The van der Waals surface area contributed by atoms with Crippen LogP contribution in [0, 0.1) is 0 Å². The number of rotatable bonds is 3. The van der Waals surface area contributed by atoms with E-state index >= 15 is 0 Å². The van der Waals surface area contributed by atoms with Crippen molar-refractivity contribution in [3.05, 3.63) is 53.6 Å². The number of sulfonamides is 1. The van der Waals surface area contributed by atoms with Crippen LogP contribution >= 0.6 is 11.8 Å². The van der Waals surface area contributed by atoms with E-state index in [1.807, 2.05) is 18.2 Å². The van der Waals surface area contributed by atoms with E-state index in [0.717, 1.165) is 29.7 Å². The normalized spacial score (nSPS) is 19.8. The fourth-order valence-corrected chi connectivity index (χ4v) is 5.71. The molecule has 0 saturated heterocycles. The van der Waals surface area contributed by atoms with Gasteiger partial charge in [0.1, 0.15) is 0 Å². The van der Waals surface area contributed by atoms with Gasteiger partial charge in [-0.05, 0) is 48.6 Å². The van der Waals surface area contributed by atoms with Crippen LogP contribution in [-0.2, 0) is 21.2 Å². The molecule has 1 heterocycles. The zero-order valence-corrected chi connectivity index (χ0v) is 15.8. The van der Waals surface area contributed by atoms with Gasteiger partial charge < -0.3 is 5.32 Å². The Labute approximate surface area is 157 Å². The molecular formula is C19H20N2O3S2. The van der Waals surface area contributed by atoms with Gasteiger partial charge in [0.25, 0.3) is 0 Å². The predicted octanol–water partition coefficient (Wildman–Crippen LogP) is 3.48. The number of hydrogen-bond acceptors (Lipinski definition) is 4. The molecule has 26 heavy (non-hydrogen) atoms. The van der Waals surface area contributed by atoms with Gasteiger partial charge in [-0.15, -0.1) is 11.8 Å². The molecule has 1 aliphatic carbocycles. The number of fused-ring (bicyclic) bond motifs is 2. The number of carbonyl (C=O) groups excluding carboxylic acids is 1. The molecule has 0 aromatic heterocycles. The molecule has 0 bridgehead atoms. The maximum Gasteiger partial charge on any atom is 0.241 e. The predicted molar refractivity (Wildman–Crippen MR) is 103 cm³/mol. The van der Waals surface area contributed by atoms with Gasteiger partial charge in [-0.3, -0.25) is 4.79 Å². The first-order valence-electron chi connectivity index (χ1n) is 8.70. The van der Waals surface area contributed by atoms with Gasteiger partial charge in [0.15, 0.2) is 0 Å². The van der Waals surface area contributed by atoms with Crippen molar-refractivity contribution in [1.29, 1.82) is 0 Å². The Bertz CT molecular complexity index is 957. The van der Waals surface area contributed by atoms with Crippen LogP contribution in [0.4, 0.5) is 5.69 Å². The number of nitrogens with one attached hydrogen (secondary N) is 2. The number of amides is 1. The van der Waals surface area contributed by atoms with Crippen LogP contribution in [0.15, 0.2) is 52.3 Å². The minimum Gasteiger partial charge on any atom is -0.325 e. The van der Waals surface area contributed by atoms with Crippen molar-refractivity contribution in [3.63, 3.8) is 0 Å². The van der Waals surface area contributed by atoms with Crippen LogP contribution in [0.5, 0.6) is 0 Å². The highest BCUT2D eigenvalue weighted by Gasteiger charge is 2.26. The topological polar surface area (TPSA) is 75.3 Å². The second-order valence-electron chi connectivity index (χ2n) is 6.57. The third-order valence-corrected chi connectivity index (χ3v) is 7.33. The molecule has 2 aliphatic rings. The Morgan fingerprint density at radius 3 is 2.85 bits per heavy atom. The molecule has 1 amide bonds. The number of anilines is 1. The molecule has 0 spiro atoms. The highest BCUT2D eigenvalue weighted by molar-refractivity contribution is 7.99. The van der Waals surface area contributed by atoms with Crippen molar-refractivity contribution in [1.82, 2.24) is 4.72 Å². The molecule has 0 radical (unpaired) electrons. The second kappa shape index (κ2) is 7.06. The van der Waals surface area contributed by atoms with Crippen LogP contribution in [0.2, 0.25) is 0 Å². The van der Waals surface area contributed by atoms with Gasteiger partial charge >= 0.3 is 0 Å². The summed E-state index contributed by atoms with van der Waals surface area (Å²) in [5, 5.41) is 2.80. The first kappa shape index (κ1) is 17.6. The summed E-state index contributed by atoms with van der Waals surface area (Å²) >= 11 is 1.56. The van der Waals surface area contributed by atoms with Gasteiger partial charge in [-0.2, -0.15) is 0 Å². The lowest BCUT2D eigenvalue weighted by Crippen LogP contribution is -2.31. The van der Waals surface area contributed by atoms with E-state index < -0.39 is 10.0 Å². The van der Waals surface area contributed by atoms with Crippen LogP contribution in [0.1, 0.15) is 36.4 Å². The van der Waals surface area contributed by atoms with Crippen LogP contribution < -0.4 is 10.0 Å². The Hall–Kier alpha value is -1.83. The van der Waals surface area contributed by atoms with Crippen LogP contribution in [0.3, 0.4) is 0 Å². The fraction of sp³-hybridized carbons (Fsp3) is 0.316. The summed E-state index contributed by atoms with van der Waals surface area (Å²) < 4.78 is 28.7. The maximum absolute atomic E-state index is 12.9. The molecule has 136 valence electrons. The lowest BCUT2D eigenvalue weighted by molar-refractivity contribution is -0.115. The molecular weight excluding hydrogens is 368 g/mol. The second-order valence-corrected chi connectivity index (χ2v) is 9.42. The summed E-state index contributed by atoms with van der Waals surface area (Å²) in [7, 11) is -3.68. The number of carbonyl (C=O) groups is 1. The minimum atomic E-state index is -3.68. The summed E-state index contributed by atoms with van der Waals surface area (Å²) in [6.07, 6.45) is 3.16. The molecule has 7 heteroatoms. The Morgan fingerprint density at radius 1 is 1.12 bits per heavy atom. The number of benzene rings is 2. The molecule has 0 unspecified atom stereocenters. The average Bonchev–Trinajstić information content (AvgIpc) is 2.81. The van der Waals surface area contributed by atoms with Crippen LogP contribution in [0.25, 0.3) is 0 Å². The maximum atomic E-state index is 12.9. The lowest BCUT2D eigenvalue weighted by Gasteiger charge is -2.26. The zero-order valence-electron chi connectivity index (χ0n) is 14.2. The highest BCUT2D eigenvalue weighted by Crippen LogP contribution is 2.34. The van der Waals surface area contributed by atoms with E-state index in [4.69, 9.17) is 0 Å². The fourth-order valence-electron chi connectivity index (χ4n) is 3.50. The largest absolute Gasteiger partial charge is 0.325 e. The first-order chi connectivity index (χ1) is 12.5. The lowest BCUT2D eigenvalue weighted by atomic mass is 9.88. The van der Waals surface area contributed by atoms with Gasteiger partial charge in [0.05, 0.1) is 10.6 Å². The summed E-state index contributed by atoms with van der Waals surface area (Å²) in [5.41, 5.74) is 2.84. The Morgan fingerprint density at radius 2 is 1.96 bits per heavy atom. The summed E-state index contributed by atoms with van der Waals surface area (Å²) in [6, 6.07) is 12.7. The molecule has 0 fully saturated rings. The van der Waals surface area contributed by atoms with E-state index in [1.165, 1.54) is 5.56 Å². The average molecular weight is 389 g/mol. The Kier molecular flexibility index (Phi) is 4.77. The number of aryl methyl sites for hydroxylation is 1. The summed E-state index contributed by atoms with van der Waals surface area (Å²) in [5.74, 6) is 0.613. The molecule has 2 N–H and O–H groups in total. The summed E-state index contributed by atoms with van der Waals surface area (Å²) in [6.45, 7) is 0. The van der Waals surface area contributed by atoms with E-state index in [-0.39, 0.29) is 16.8 Å². The van der Waals surface area contributed by atoms with E-state index in [0.29, 0.717) is 17.9 Å². The third-order valence-electron chi connectivity index (χ3n) is 4.79. The van der Waals surface area contributed by atoms with Gasteiger partial charge in [0, 0.05) is 23.1 Å². The standard InChI is InChI=1S/C19H20N2O3S2/c22-19-10-11-25-18-9-8-14(12-17(18)20-19)26(23,24)21-16-7-3-5-13-4-1-2-6-15(13)16/h1-2,4,6,8-9,12,16,21H,3,5,7,10-11H2,(H,20,22)/t16-/m0/s1. The third kappa shape index (κ3) is 3.51. The monoisotopic (exact) mass is 388 g/mol. The van der Waals surface area contributed by atoms with Gasteiger partial charge in [-0.25, -0.2) is 13.1 Å². The van der Waals surface area contributed by atoms with Crippen LogP contribution in [-0.4, -0.2) is 20.1 Å². The SMILES string of the molecule is O=C1CCSc2ccc(S(=O)(=O)N[C@H]3CCCc4ccccc43)cc2N1. The van der Waals surface area contributed by atoms with E-state index in [2.05, 4.69) is 16.1 Å². The molecule has 2 aromatic carbocycles. The smallest absolute Gasteiger partial charge is 0.241 e. The summed E-state index contributed by atoms with van der Waals surface area (Å²) in [4.78, 5) is 12.9. The highest BCUT2D eigenvalue weighted by atomic mass is 32.2. The van der Waals surface area contributed by atoms with Crippen molar-refractivity contribution in [2.75, 3.05) is 11.1 Å². The van der Waals surface area contributed by atoms with E-state index in [9.17, 15) is 13.2 Å². The van der Waals surface area contributed by atoms with E-state index in [1.54, 1.807) is 30.0 Å². The van der Waals surface area contributed by atoms with Crippen molar-refractivity contribution in [3.8, 4) is 0 Å². The molecule has 1 aliphatic heterocycles. The van der Waals surface area contributed by atoms with Crippen molar-refractivity contribution in [2.24, 2.45) is 0 Å². The number of hydrogen-bond donors (Lipinski definition) is 2. The Balaban J connectivity index is 1.63. The molecule has 2 aromatic rings. The zero-order chi connectivity index (χ0) is 18.1. The molecule has 1 atom stereocenters. The molecule has 0 saturated carbocycles. The van der Waals surface area contributed by atoms with Crippen molar-refractivity contribution in [2.45, 2.75) is 41.5 Å². The quantitative estimate of drug-likeness (QED) is 0.844. The van der Waals surface area contributed by atoms with Crippen molar-refractivity contribution >= 4 is 33.4 Å². The number of thioether (sulfide) groups is 1. The first-order valence-corrected chi connectivity index (χ1v) is 11.2.